The van der Waals surface area contributed by atoms with Gasteiger partial charge in [0.05, 0.1) is 6.10 Å². The van der Waals surface area contributed by atoms with E-state index < -0.39 is 18.1 Å². The Balaban J connectivity index is 1.94. The van der Waals surface area contributed by atoms with Crippen LogP contribution in [0.25, 0.3) is 0 Å². The van der Waals surface area contributed by atoms with Crippen LogP contribution in [0.3, 0.4) is 0 Å². The number of carbonyl (C=O) groups excluding carboxylic acids is 1. The fourth-order valence-corrected chi connectivity index (χ4v) is 2.91. The van der Waals surface area contributed by atoms with Crippen LogP contribution in [-0.4, -0.2) is 35.2 Å². The number of hydrogen-bond acceptors (Lipinski definition) is 3. The summed E-state index contributed by atoms with van der Waals surface area (Å²) in [6.45, 7) is 1.88. The molecule has 2 atom stereocenters. The number of carboxylic acids is 1. The topological polar surface area (TPSA) is 75.6 Å². The van der Waals surface area contributed by atoms with Crippen molar-refractivity contribution in [3.8, 4) is 0 Å². The number of ether oxygens (including phenoxy) is 1. The van der Waals surface area contributed by atoms with E-state index in [4.69, 9.17) is 4.74 Å². The van der Waals surface area contributed by atoms with Gasteiger partial charge in [0.25, 0.3) is 0 Å². The first-order valence-electron chi connectivity index (χ1n) is 8.32. The molecule has 0 aromatic heterocycles. The molecule has 0 saturated heterocycles. The van der Waals surface area contributed by atoms with Crippen molar-refractivity contribution in [2.24, 2.45) is 0 Å². The number of aliphatic carboxylic acids is 1. The lowest BCUT2D eigenvalue weighted by atomic mass is 10.1. The zero-order valence-corrected chi connectivity index (χ0v) is 13.5. The maximum atomic E-state index is 12.4. The Kier molecular flexibility index (Phi) is 6.59. The predicted octanol–water partition coefficient (Wildman–Crippen LogP) is 2.54. The summed E-state index contributed by atoms with van der Waals surface area (Å²) >= 11 is 0. The summed E-state index contributed by atoms with van der Waals surface area (Å²) in [4.78, 5) is 23.8. The number of hydrogen-bond donors (Lipinski definition) is 2. The summed E-state index contributed by atoms with van der Waals surface area (Å²) in [5.74, 6) is -1.36. The molecule has 5 nitrogen and oxygen atoms in total. The van der Waals surface area contributed by atoms with Crippen LogP contribution in [0.15, 0.2) is 30.3 Å². The first-order chi connectivity index (χ1) is 11.1. The maximum absolute atomic E-state index is 12.4. The Morgan fingerprint density at radius 1 is 1.26 bits per heavy atom. The Bertz CT molecular complexity index is 511. The van der Waals surface area contributed by atoms with Crippen molar-refractivity contribution in [2.45, 2.75) is 63.7 Å². The van der Waals surface area contributed by atoms with E-state index in [1.165, 1.54) is 0 Å². The highest BCUT2D eigenvalue weighted by molar-refractivity contribution is 5.86. The van der Waals surface area contributed by atoms with Crippen molar-refractivity contribution in [1.29, 1.82) is 0 Å². The van der Waals surface area contributed by atoms with Crippen molar-refractivity contribution < 1.29 is 19.4 Å². The van der Waals surface area contributed by atoms with Gasteiger partial charge in [0, 0.05) is 6.42 Å². The first-order valence-corrected chi connectivity index (χ1v) is 8.32. The van der Waals surface area contributed by atoms with E-state index in [9.17, 15) is 14.7 Å². The number of rotatable bonds is 8. The molecule has 1 fully saturated rings. The lowest BCUT2D eigenvalue weighted by molar-refractivity contribution is -0.145. The number of nitrogens with one attached hydrogen (secondary N) is 1. The number of carbonyl (C=O) groups is 2. The number of carboxylic acid groups (broad SMARTS) is 1. The Hall–Kier alpha value is -1.88. The molecule has 2 rings (SSSR count). The van der Waals surface area contributed by atoms with Crippen LogP contribution in [0.5, 0.6) is 0 Å². The van der Waals surface area contributed by atoms with Crippen molar-refractivity contribution in [1.82, 2.24) is 5.32 Å². The van der Waals surface area contributed by atoms with Crippen LogP contribution in [0.2, 0.25) is 0 Å². The fraction of sp³-hybridized carbons (Fsp3) is 0.556. The molecule has 126 valence electrons. The lowest BCUT2D eigenvalue weighted by Crippen LogP contribution is -2.47. The first kappa shape index (κ1) is 17.5. The Morgan fingerprint density at radius 3 is 2.48 bits per heavy atom. The van der Waals surface area contributed by atoms with Gasteiger partial charge >= 0.3 is 5.97 Å². The van der Waals surface area contributed by atoms with Crippen molar-refractivity contribution >= 4 is 11.9 Å². The molecule has 1 aromatic carbocycles. The van der Waals surface area contributed by atoms with E-state index in [1.54, 1.807) is 0 Å². The molecule has 1 saturated carbocycles. The smallest absolute Gasteiger partial charge is 0.326 e. The van der Waals surface area contributed by atoms with Crippen LogP contribution in [-0.2, 0) is 20.7 Å². The highest BCUT2D eigenvalue weighted by Crippen LogP contribution is 2.23. The summed E-state index contributed by atoms with van der Waals surface area (Å²) < 4.78 is 5.85. The van der Waals surface area contributed by atoms with Gasteiger partial charge in [-0.2, -0.15) is 0 Å². The quantitative estimate of drug-likeness (QED) is 0.772. The average Bonchev–Trinajstić information content (AvgIpc) is 3.05. The molecule has 1 aromatic rings. The van der Waals surface area contributed by atoms with E-state index in [0.29, 0.717) is 6.42 Å². The molecule has 0 heterocycles. The van der Waals surface area contributed by atoms with Crippen LogP contribution in [0.1, 0.15) is 44.6 Å². The minimum atomic E-state index is -1.03. The standard InChI is InChI=1S/C18H25NO4/c1-2-16(23-14-10-6-7-11-14)17(20)19-15(18(21)22)12-13-8-4-3-5-9-13/h3-5,8-9,14-16H,2,6-7,10-12H2,1H3,(H,19,20)(H,21,22)/t15-,16?/m0/s1. The fourth-order valence-electron chi connectivity index (χ4n) is 2.91. The second-order valence-electron chi connectivity index (χ2n) is 6.03. The van der Waals surface area contributed by atoms with Crippen LogP contribution in [0.4, 0.5) is 0 Å². The van der Waals surface area contributed by atoms with Gasteiger partial charge in [0.15, 0.2) is 0 Å². The molecule has 0 bridgehead atoms. The minimum absolute atomic E-state index is 0.128. The van der Waals surface area contributed by atoms with Gasteiger partial charge in [-0.1, -0.05) is 50.1 Å². The monoisotopic (exact) mass is 319 g/mol. The molecule has 0 spiro atoms. The summed E-state index contributed by atoms with van der Waals surface area (Å²) in [5, 5.41) is 12.0. The van der Waals surface area contributed by atoms with Crippen molar-refractivity contribution in [3.05, 3.63) is 35.9 Å². The van der Waals surface area contributed by atoms with Crippen molar-refractivity contribution in [3.63, 3.8) is 0 Å². The van der Waals surface area contributed by atoms with Crippen LogP contribution < -0.4 is 5.32 Å². The summed E-state index contributed by atoms with van der Waals surface area (Å²) in [5.41, 5.74) is 0.880. The summed E-state index contributed by atoms with van der Waals surface area (Å²) in [6, 6.07) is 8.36. The highest BCUT2D eigenvalue weighted by atomic mass is 16.5. The third-order valence-electron chi connectivity index (χ3n) is 4.22. The van der Waals surface area contributed by atoms with Gasteiger partial charge < -0.3 is 15.2 Å². The van der Waals surface area contributed by atoms with E-state index in [1.807, 2.05) is 37.3 Å². The predicted molar refractivity (Wildman–Crippen MR) is 87.1 cm³/mol. The lowest BCUT2D eigenvalue weighted by Gasteiger charge is -2.22. The van der Waals surface area contributed by atoms with E-state index in [-0.39, 0.29) is 18.4 Å². The van der Waals surface area contributed by atoms with Gasteiger partial charge in [-0.15, -0.1) is 0 Å². The second-order valence-corrected chi connectivity index (χ2v) is 6.03. The SMILES string of the molecule is CCC(OC1CCCC1)C(=O)N[C@@H](Cc1ccccc1)C(=O)O. The highest BCUT2D eigenvalue weighted by Gasteiger charge is 2.28. The van der Waals surface area contributed by atoms with Gasteiger partial charge in [-0.25, -0.2) is 4.79 Å². The third-order valence-corrected chi connectivity index (χ3v) is 4.22. The molecule has 0 radical (unpaired) electrons. The van der Waals surface area contributed by atoms with Gasteiger partial charge in [-0.3, -0.25) is 4.79 Å². The van der Waals surface area contributed by atoms with Gasteiger partial charge in [-0.05, 0) is 24.8 Å². The van der Waals surface area contributed by atoms with E-state index in [0.717, 1.165) is 31.2 Å². The zero-order valence-electron chi connectivity index (χ0n) is 13.5. The zero-order chi connectivity index (χ0) is 16.7. The molecule has 0 aliphatic heterocycles. The second kappa shape index (κ2) is 8.67. The third kappa shape index (κ3) is 5.36. The molecule has 1 aliphatic carbocycles. The molecule has 5 heteroatoms. The normalized spacial score (nSPS) is 17.6. The van der Waals surface area contributed by atoms with Crippen molar-refractivity contribution in [2.75, 3.05) is 0 Å². The van der Waals surface area contributed by atoms with Crippen LogP contribution >= 0.6 is 0 Å². The Morgan fingerprint density at radius 2 is 1.91 bits per heavy atom. The van der Waals surface area contributed by atoms with E-state index in [2.05, 4.69) is 5.32 Å². The molecule has 1 amide bonds. The molecular weight excluding hydrogens is 294 g/mol. The van der Waals surface area contributed by atoms with Gasteiger partial charge in [0.1, 0.15) is 12.1 Å². The number of amides is 1. The summed E-state index contributed by atoms with van der Waals surface area (Å²) in [6.07, 6.45) is 4.59. The number of benzene rings is 1. The summed E-state index contributed by atoms with van der Waals surface area (Å²) in [7, 11) is 0. The minimum Gasteiger partial charge on any atom is -0.480 e. The van der Waals surface area contributed by atoms with E-state index >= 15 is 0 Å². The maximum Gasteiger partial charge on any atom is 0.326 e. The van der Waals surface area contributed by atoms with Crippen LogP contribution in [0, 0.1) is 0 Å². The molecule has 2 N–H and O–H groups in total. The molecule has 23 heavy (non-hydrogen) atoms. The molecule has 1 aliphatic rings. The molecule has 1 unspecified atom stereocenters. The molecular formula is C18H25NO4. The largest absolute Gasteiger partial charge is 0.480 e. The Labute approximate surface area is 137 Å². The average molecular weight is 319 g/mol. The van der Waals surface area contributed by atoms with Gasteiger partial charge in [0.2, 0.25) is 5.91 Å².